The van der Waals surface area contributed by atoms with Gasteiger partial charge in [0.05, 0.1) is 6.04 Å². The van der Waals surface area contributed by atoms with Crippen LogP contribution in [0.5, 0.6) is 0 Å². The quantitative estimate of drug-likeness (QED) is 0.721. The van der Waals surface area contributed by atoms with Crippen molar-refractivity contribution in [3.63, 3.8) is 0 Å². The highest BCUT2D eigenvalue weighted by molar-refractivity contribution is 7.09. The van der Waals surface area contributed by atoms with Gasteiger partial charge in [-0.2, -0.15) is 0 Å². The highest BCUT2D eigenvalue weighted by Gasteiger charge is 2.19. The first-order chi connectivity index (χ1) is 12.0. The molecule has 0 radical (unpaired) electrons. The van der Waals surface area contributed by atoms with Gasteiger partial charge in [0.2, 0.25) is 0 Å². The molecule has 0 saturated carbocycles. The predicted molar refractivity (Wildman–Crippen MR) is 95.8 cm³/mol. The molecule has 2 aromatic rings. The monoisotopic (exact) mass is 363 g/mol. The number of rotatable bonds is 8. The maximum Gasteiger partial charge on any atom is 0.306 e. The van der Waals surface area contributed by atoms with Crippen LogP contribution in [-0.4, -0.2) is 18.0 Å². The molecule has 0 aliphatic carbocycles. The van der Waals surface area contributed by atoms with Gasteiger partial charge >= 0.3 is 5.97 Å². The van der Waals surface area contributed by atoms with Crippen LogP contribution in [0.15, 0.2) is 41.8 Å². The molecular weight excluding hydrogens is 341 g/mol. The van der Waals surface area contributed by atoms with E-state index in [-0.39, 0.29) is 30.2 Å². The molecule has 2 unspecified atom stereocenters. The molecule has 134 valence electrons. The Labute approximate surface area is 151 Å². The van der Waals surface area contributed by atoms with Crippen LogP contribution >= 0.6 is 11.3 Å². The maximum absolute atomic E-state index is 12.9. The summed E-state index contributed by atoms with van der Waals surface area (Å²) in [6.07, 6.45) is 0.939. The first-order valence-electron chi connectivity index (χ1n) is 8.23. The number of carbonyl (C=O) groups is 2. The number of thiophene rings is 1. The maximum atomic E-state index is 12.9. The highest BCUT2D eigenvalue weighted by atomic mass is 32.1. The summed E-state index contributed by atoms with van der Waals surface area (Å²) < 4.78 is 18.1. The van der Waals surface area contributed by atoms with E-state index in [2.05, 4.69) is 5.32 Å². The fourth-order valence-electron chi connectivity index (χ4n) is 2.34. The number of hydrogen-bond acceptors (Lipinski definition) is 4. The summed E-state index contributed by atoms with van der Waals surface area (Å²) in [7, 11) is 0. The number of esters is 1. The fourth-order valence-corrected chi connectivity index (χ4v) is 3.09. The molecule has 6 heteroatoms. The van der Waals surface area contributed by atoms with Crippen LogP contribution in [0.25, 0.3) is 0 Å². The van der Waals surface area contributed by atoms with E-state index in [0.717, 1.165) is 12.0 Å². The SMILES string of the molecule is CC(OC(=O)CCCc1cccs1)C(=O)NC(C)c1ccc(F)cc1. The van der Waals surface area contributed by atoms with Gasteiger partial charge in [0.25, 0.3) is 5.91 Å². The lowest BCUT2D eigenvalue weighted by molar-refractivity contribution is -0.155. The van der Waals surface area contributed by atoms with Gasteiger partial charge in [0.1, 0.15) is 5.82 Å². The van der Waals surface area contributed by atoms with Crippen molar-refractivity contribution in [2.45, 2.75) is 45.3 Å². The number of halogens is 1. The van der Waals surface area contributed by atoms with Gasteiger partial charge in [-0.15, -0.1) is 11.3 Å². The molecule has 1 amide bonds. The molecule has 2 rings (SSSR count). The van der Waals surface area contributed by atoms with Gasteiger partial charge in [-0.3, -0.25) is 9.59 Å². The summed E-state index contributed by atoms with van der Waals surface area (Å²) in [5.74, 6) is -1.08. The molecule has 0 aliphatic heterocycles. The molecular formula is C19H22FNO3S. The van der Waals surface area contributed by atoms with Crippen LogP contribution in [0, 0.1) is 5.82 Å². The topological polar surface area (TPSA) is 55.4 Å². The van der Waals surface area contributed by atoms with Gasteiger partial charge in [-0.25, -0.2) is 4.39 Å². The second kappa shape index (κ2) is 9.32. The minimum Gasteiger partial charge on any atom is -0.453 e. The van der Waals surface area contributed by atoms with Crippen molar-refractivity contribution >= 4 is 23.2 Å². The number of nitrogens with one attached hydrogen (secondary N) is 1. The second-order valence-electron chi connectivity index (χ2n) is 5.85. The van der Waals surface area contributed by atoms with E-state index in [9.17, 15) is 14.0 Å². The van der Waals surface area contributed by atoms with E-state index in [1.807, 2.05) is 17.5 Å². The van der Waals surface area contributed by atoms with Crippen molar-refractivity contribution in [3.8, 4) is 0 Å². The second-order valence-corrected chi connectivity index (χ2v) is 6.88. The van der Waals surface area contributed by atoms with Crippen molar-refractivity contribution in [1.29, 1.82) is 0 Å². The minimum absolute atomic E-state index is 0.281. The first kappa shape index (κ1) is 19.1. The van der Waals surface area contributed by atoms with Crippen LogP contribution in [0.4, 0.5) is 4.39 Å². The van der Waals surface area contributed by atoms with E-state index in [1.165, 1.54) is 17.0 Å². The Bertz CT molecular complexity index is 685. The summed E-state index contributed by atoms with van der Waals surface area (Å²) in [5, 5.41) is 4.76. The highest BCUT2D eigenvalue weighted by Crippen LogP contribution is 2.14. The lowest BCUT2D eigenvalue weighted by atomic mass is 10.1. The zero-order valence-corrected chi connectivity index (χ0v) is 15.1. The summed E-state index contributed by atoms with van der Waals surface area (Å²) in [5.41, 5.74) is 0.782. The third-order valence-corrected chi connectivity index (χ3v) is 4.73. The van der Waals surface area contributed by atoms with Crippen LogP contribution in [0.1, 0.15) is 43.2 Å². The Balaban J connectivity index is 1.73. The minimum atomic E-state index is -0.864. The number of aryl methyl sites for hydroxylation is 1. The lowest BCUT2D eigenvalue weighted by Crippen LogP contribution is -2.37. The number of benzene rings is 1. The number of carbonyl (C=O) groups excluding carboxylic acids is 2. The Hall–Kier alpha value is -2.21. The molecule has 0 aliphatic rings. The Morgan fingerprint density at radius 3 is 2.56 bits per heavy atom. The third kappa shape index (κ3) is 6.31. The zero-order chi connectivity index (χ0) is 18.2. The Kier molecular flexibility index (Phi) is 7.13. The van der Waals surface area contributed by atoms with Gasteiger partial charge < -0.3 is 10.1 Å². The predicted octanol–water partition coefficient (Wildman–Crippen LogP) is 4.02. The van der Waals surface area contributed by atoms with Gasteiger partial charge in [0, 0.05) is 11.3 Å². The van der Waals surface area contributed by atoms with Crippen molar-refractivity contribution in [3.05, 3.63) is 58.0 Å². The van der Waals surface area contributed by atoms with E-state index >= 15 is 0 Å². The van der Waals surface area contributed by atoms with Gasteiger partial charge in [-0.1, -0.05) is 18.2 Å². The molecule has 0 fully saturated rings. The molecule has 0 saturated heterocycles. The summed E-state index contributed by atoms with van der Waals surface area (Å²) in [6, 6.07) is 9.62. The summed E-state index contributed by atoms with van der Waals surface area (Å²) in [4.78, 5) is 25.2. The molecule has 4 nitrogen and oxygen atoms in total. The normalized spacial score (nSPS) is 13.1. The number of amides is 1. The molecule has 1 aromatic heterocycles. The van der Waals surface area contributed by atoms with Crippen LogP contribution < -0.4 is 5.32 Å². The smallest absolute Gasteiger partial charge is 0.306 e. The molecule has 0 spiro atoms. The van der Waals surface area contributed by atoms with Crippen LogP contribution in [-0.2, 0) is 20.7 Å². The standard InChI is InChI=1S/C19H22FNO3S/c1-13(15-8-10-16(20)11-9-15)21-19(23)14(2)24-18(22)7-3-5-17-6-4-12-25-17/h4,6,8-14H,3,5,7H2,1-2H3,(H,21,23). The molecule has 2 atom stereocenters. The van der Waals surface area contributed by atoms with Gasteiger partial charge in [-0.05, 0) is 55.8 Å². The largest absolute Gasteiger partial charge is 0.453 e. The first-order valence-corrected chi connectivity index (χ1v) is 9.11. The van der Waals surface area contributed by atoms with E-state index in [1.54, 1.807) is 37.3 Å². The average molecular weight is 363 g/mol. The van der Waals surface area contributed by atoms with Crippen molar-refractivity contribution in [2.24, 2.45) is 0 Å². The zero-order valence-electron chi connectivity index (χ0n) is 14.3. The average Bonchev–Trinajstić information content (AvgIpc) is 3.08. The Morgan fingerprint density at radius 2 is 1.92 bits per heavy atom. The van der Waals surface area contributed by atoms with Crippen molar-refractivity contribution < 1.29 is 18.7 Å². The number of hydrogen-bond donors (Lipinski definition) is 1. The third-order valence-electron chi connectivity index (χ3n) is 3.79. The van der Waals surface area contributed by atoms with Gasteiger partial charge in [0.15, 0.2) is 6.10 Å². The summed E-state index contributed by atoms with van der Waals surface area (Å²) >= 11 is 1.66. The molecule has 0 bridgehead atoms. The molecule has 1 heterocycles. The fraction of sp³-hybridized carbons (Fsp3) is 0.368. The Morgan fingerprint density at radius 1 is 1.20 bits per heavy atom. The molecule has 1 N–H and O–H groups in total. The van der Waals surface area contributed by atoms with E-state index in [4.69, 9.17) is 4.74 Å². The van der Waals surface area contributed by atoms with Crippen molar-refractivity contribution in [1.82, 2.24) is 5.32 Å². The summed E-state index contributed by atoms with van der Waals surface area (Å²) in [6.45, 7) is 3.34. The van der Waals surface area contributed by atoms with Crippen LogP contribution in [0.2, 0.25) is 0 Å². The number of ether oxygens (including phenoxy) is 1. The van der Waals surface area contributed by atoms with E-state index < -0.39 is 6.10 Å². The van der Waals surface area contributed by atoms with E-state index in [0.29, 0.717) is 6.42 Å². The van der Waals surface area contributed by atoms with Crippen LogP contribution in [0.3, 0.4) is 0 Å². The van der Waals surface area contributed by atoms with Crippen molar-refractivity contribution in [2.75, 3.05) is 0 Å². The lowest BCUT2D eigenvalue weighted by Gasteiger charge is -2.18. The molecule has 1 aromatic carbocycles. The molecule has 25 heavy (non-hydrogen) atoms.